The van der Waals surface area contributed by atoms with Crippen LogP contribution in [0, 0.1) is 0 Å². The van der Waals surface area contributed by atoms with E-state index < -0.39 is 39.4 Å². The molecule has 2 amide bonds. The summed E-state index contributed by atoms with van der Waals surface area (Å²) in [5.41, 5.74) is 3.67. The zero-order valence-electron chi connectivity index (χ0n) is 16.7. The molecule has 166 valence electrons. The van der Waals surface area contributed by atoms with Crippen molar-refractivity contribution in [2.45, 2.75) is 36.0 Å². The lowest BCUT2D eigenvalue weighted by Gasteiger charge is -2.43. The first-order chi connectivity index (χ1) is 14.1. The summed E-state index contributed by atoms with van der Waals surface area (Å²) in [6, 6.07) is 6.73. The number of benzene rings is 1. The number of ether oxygens (including phenoxy) is 1. The maximum absolute atomic E-state index is 13.2. The molecule has 0 bridgehead atoms. The molecule has 2 saturated heterocycles. The number of urea groups is 1. The lowest BCUT2D eigenvalue weighted by Crippen LogP contribution is -2.66. The number of primary amides is 1. The van der Waals surface area contributed by atoms with Crippen molar-refractivity contribution in [3.63, 3.8) is 0 Å². The van der Waals surface area contributed by atoms with Gasteiger partial charge in [-0.05, 0) is 42.9 Å². The van der Waals surface area contributed by atoms with Crippen LogP contribution < -0.4 is 10.5 Å². The molecule has 1 aromatic rings. The van der Waals surface area contributed by atoms with Gasteiger partial charge in [-0.2, -0.15) is 0 Å². The first-order valence-corrected chi connectivity index (χ1v) is 11.2. The van der Waals surface area contributed by atoms with Crippen molar-refractivity contribution >= 4 is 22.0 Å². The third kappa shape index (κ3) is 4.09. The molecule has 2 fully saturated rings. The predicted octanol–water partition coefficient (Wildman–Crippen LogP) is 0.173. The number of carbonyl (C=O) groups is 2. The second-order valence-corrected chi connectivity index (χ2v) is 9.87. The number of nitrogens with two attached hydrogens (primary N) is 1. The number of amides is 2. The number of rotatable bonds is 5. The Balaban J connectivity index is 1.73. The number of likely N-dealkylation sites (tertiary alicyclic amines) is 1. The van der Waals surface area contributed by atoms with E-state index in [0.29, 0.717) is 12.8 Å². The third-order valence-corrected chi connectivity index (χ3v) is 8.50. The number of methoxy groups -OCH3 is 1. The fourth-order valence-electron chi connectivity index (χ4n) is 4.27. The normalized spacial score (nSPS) is 26.3. The number of β-amino-alcohol motifs (C(OH)–C–C–N with tert-alkyl or cyclic N) is 1. The average Bonchev–Trinajstić information content (AvgIpc) is 2.73. The highest BCUT2D eigenvalue weighted by molar-refractivity contribution is 7.89. The molecule has 0 aromatic heterocycles. The van der Waals surface area contributed by atoms with E-state index in [1.807, 2.05) is 24.3 Å². The summed E-state index contributed by atoms with van der Waals surface area (Å²) in [5.74, 6) is -0.762. The summed E-state index contributed by atoms with van der Waals surface area (Å²) in [6.07, 6.45) is 0.959. The van der Waals surface area contributed by atoms with Gasteiger partial charge in [-0.15, -0.1) is 0 Å². The first-order valence-electron chi connectivity index (χ1n) is 9.72. The van der Waals surface area contributed by atoms with E-state index in [1.54, 1.807) is 7.11 Å². The maximum Gasteiger partial charge on any atom is 0.339 e. The molecule has 2 atom stereocenters. The van der Waals surface area contributed by atoms with Crippen molar-refractivity contribution in [2.24, 2.45) is 5.73 Å². The van der Waals surface area contributed by atoms with Crippen molar-refractivity contribution in [1.29, 1.82) is 0 Å². The lowest BCUT2D eigenvalue weighted by molar-refractivity contribution is -0.162. The molecule has 3 rings (SSSR count). The van der Waals surface area contributed by atoms with Gasteiger partial charge in [0.2, 0.25) is 10.0 Å². The summed E-state index contributed by atoms with van der Waals surface area (Å²) < 4.78 is 32.8. The van der Waals surface area contributed by atoms with Crippen molar-refractivity contribution < 1.29 is 33.0 Å². The van der Waals surface area contributed by atoms with Gasteiger partial charge in [0.05, 0.1) is 13.7 Å². The van der Waals surface area contributed by atoms with Gasteiger partial charge in [0, 0.05) is 19.6 Å². The second kappa shape index (κ2) is 8.40. The minimum Gasteiger partial charge on any atom is -0.497 e. The molecule has 1 aromatic carbocycles. The number of hydrogen-bond donors (Lipinski definition) is 3. The van der Waals surface area contributed by atoms with E-state index in [9.17, 15) is 28.2 Å². The molecule has 30 heavy (non-hydrogen) atoms. The van der Waals surface area contributed by atoms with Crippen LogP contribution in [0.15, 0.2) is 24.3 Å². The monoisotopic (exact) mass is 441 g/mol. The molecule has 2 unspecified atom stereocenters. The van der Waals surface area contributed by atoms with E-state index >= 15 is 0 Å². The Kier molecular flexibility index (Phi) is 6.25. The highest BCUT2D eigenvalue weighted by atomic mass is 32.2. The zero-order valence-corrected chi connectivity index (χ0v) is 17.5. The van der Waals surface area contributed by atoms with E-state index in [1.165, 1.54) is 4.31 Å². The number of sulfonamides is 1. The Morgan fingerprint density at radius 2 is 1.73 bits per heavy atom. The molecular formula is C19H27N3O7S. The highest BCUT2D eigenvalue weighted by Gasteiger charge is 2.56. The summed E-state index contributed by atoms with van der Waals surface area (Å²) in [5, 5.41) is 18.7. The quantitative estimate of drug-likeness (QED) is 0.589. The number of piperidine rings is 2. The SMILES string of the molecule is COc1ccc(C2CCN(S(=O)(=O)C3CCN(C(N)=O)CC3(O)C(=O)O)CC2)cc1. The fraction of sp³-hybridized carbons (Fsp3) is 0.579. The predicted molar refractivity (Wildman–Crippen MR) is 108 cm³/mol. The van der Waals surface area contributed by atoms with Crippen LogP contribution >= 0.6 is 0 Å². The summed E-state index contributed by atoms with van der Waals surface area (Å²) in [7, 11) is -2.51. The molecule has 11 heteroatoms. The smallest absolute Gasteiger partial charge is 0.339 e. The van der Waals surface area contributed by atoms with Crippen LogP contribution in [-0.2, 0) is 14.8 Å². The van der Waals surface area contributed by atoms with Gasteiger partial charge < -0.3 is 25.6 Å². The van der Waals surface area contributed by atoms with Crippen molar-refractivity contribution in [1.82, 2.24) is 9.21 Å². The second-order valence-electron chi connectivity index (χ2n) is 7.76. The van der Waals surface area contributed by atoms with Gasteiger partial charge in [0.15, 0.2) is 5.60 Å². The van der Waals surface area contributed by atoms with Gasteiger partial charge in [-0.25, -0.2) is 22.3 Å². The molecule has 0 radical (unpaired) electrons. The molecule has 4 N–H and O–H groups in total. The minimum absolute atomic E-state index is 0.0306. The van der Waals surface area contributed by atoms with Crippen LogP contribution in [0.5, 0.6) is 5.75 Å². The standard InChI is InChI=1S/C19H27N3O7S/c1-29-15-4-2-13(3-5-15)14-6-10-22(11-7-14)30(27,28)16-8-9-21(18(20)25)12-19(16,26)17(23)24/h2-5,14,16,26H,6-12H2,1H3,(H2,20,25)(H,23,24). The highest BCUT2D eigenvalue weighted by Crippen LogP contribution is 2.35. The minimum atomic E-state index is -4.10. The van der Waals surface area contributed by atoms with E-state index in [0.717, 1.165) is 16.2 Å². The number of aliphatic hydroxyl groups is 1. The van der Waals surface area contributed by atoms with E-state index in [2.05, 4.69) is 0 Å². The lowest BCUT2D eigenvalue weighted by atomic mass is 9.90. The van der Waals surface area contributed by atoms with Crippen molar-refractivity contribution in [3.05, 3.63) is 29.8 Å². The molecule has 2 aliphatic rings. The fourth-order valence-corrected chi connectivity index (χ4v) is 6.42. The molecular weight excluding hydrogens is 414 g/mol. The summed E-state index contributed by atoms with van der Waals surface area (Å²) >= 11 is 0. The number of aliphatic carboxylic acids is 1. The maximum atomic E-state index is 13.2. The number of carboxylic acids is 1. The summed E-state index contributed by atoms with van der Waals surface area (Å²) in [6.45, 7) is -0.240. The number of hydrogen-bond acceptors (Lipinski definition) is 6. The van der Waals surface area contributed by atoms with Crippen LogP contribution in [0.25, 0.3) is 0 Å². The van der Waals surface area contributed by atoms with Gasteiger partial charge in [-0.3, -0.25) is 0 Å². The first kappa shape index (κ1) is 22.3. The topological polar surface area (TPSA) is 150 Å². The summed E-state index contributed by atoms with van der Waals surface area (Å²) in [4.78, 5) is 24.1. The van der Waals surface area contributed by atoms with Gasteiger partial charge in [-0.1, -0.05) is 12.1 Å². The van der Waals surface area contributed by atoms with Crippen LogP contribution in [0.4, 0.5) is 4.79 Å². The Bertz CT molecular complexity index is 897. The number of carbonyl (C=O) groups excluding carboxylic acids is 1. The third-order valence-electron chi connectivity index (χ3n) is 6.07. The van der Waals surface area contributed by atoms with Crippen LogP contribution in [0.3, 0.4) is 0 Å². The van der Waals surface area contributed by atoms with E-state index in [4.69, 9.17) is 10.5 Å². The largest absolute Gasteiger partial charge is 0.497 e. The number of nitrogens with zero attached hydrogens (tertiary/aromatic N) is 2. The molecule has 2 aliphatic heterocycles. The number of carboxylic acid groups (broad SMARTS) is 1. The molecule has 0 aliphatic carbocycles. The van der Waals surface area contributed by atoms with Gasteiger partial charge >= 0.3 is 12.0 Å². The Morgan fingerprint density at radius 3 is 2.23 bits per heavy atom. The van der Waals surface area contributed by atoms with Gasteiger partial charge in [0.25, 0.3) is 0 Å². The molecule has 0 spiro atoms. The van der Waals surface area contributed by atoms with Crippen LogP contribution in [0.1, 0.15) is 30.7 Å². The van der Waals surface area contributed by atoms with Gasteiger partial charge in [0.1, 0.15) is 11.0 Å². The Hall–Kier alpha value is -2.37. The van der Waals surface area contributed by atoms with Crippen molar-refractivity contribution in [3.8, 4) is 5.75 Å². The molecule has 2 heterocycles. The zero-order chi connectivity index (χ0) is 22.1. The van der Waals surface area contributed by atoms with Crippen LogP contribution in [0.2, 0.25) is 0 Å². The Labute approximate surface area is 175 Å². The van der Waals surface area contributed by atoms with E-state index in [-0.39, 0.29) is 32.0 Å². The van der Waals surface area contributed by atoms with Crippen molar-refractivity contribution in [2.75, 3.05) is 33.3 Å². The van der Waals surface area contributed by atoms with Crippen LogP contribution in [-0.4, -0.2) is 84.0 Å². The molecule has 10 nitrogen and oxygen atoms in total. The average molecular weight is 442 g/mol. The Morgan fingerprint density at radius 1 is 1.13 bits per heavy atom. The molecule has 0 saturated carbocycles.